The van der Waals surface area contributed by atoms with Gasteiger partial charge in [0.2, 0.25) is 0 Å². The summed E-state index contributed by atoms with van der Waals surface area (Å²) in [5, 5.41) is -0.114. The van der Waals surface area contributed by atoms with Crippen molar-refractivity contribution in [3.05, 3.63) is 34.3 Å². The van der Waals surface area contributed by atoms with Crippen LogP contribution in [0.4, 0.5) is 8.78 Å². The largest absolute Gasteiger partial charge is 0.321 e. The quantitative estimate of drug-likeness (QED) is 0.816. The van der Waals surface area contributed by atoms with Crippen LogP contribution in [0.2, 0.25) is 5.02 Å². The molecule has 0 spiro atoms. The second-order valence-corrected chi connectivity index (χ2v) is 3.56. The predicted octanol–water partition coefficient (Wildman–Crippen LogP) is 2.81. The van der Waals surface area contributed by atoms with E-state index in [2.05, 4.69) is 0 Å². The predicted molar refractivity (Wildman–Crippen MR) is 54.4 cm³/mol. The number of alkyl halides is 2. The average Bonchev–Trinajstić information content (AvgIpc) is 2.15. The molecule has 5 heteroatoms. The summed E-state index contributed by atoms with van der Waals surface area (Å²) in [7, 11) is 0. The summed E-state index contributed by atoms with van der Waals surface area (Å²) in [4.78, 5) is 11.5. The maximum Gasteiger partial charge on any atom is 0.265 e. The van der Waals surface area contributed by atoms with Crippen LogP contribution in [0, 0.1) is 0 Å². The molecule has 0 bridgehead atoms. The number of ketones is 1. The Kier molecular flexibility index (Phi) is 3.77. The van der Waals surface area contributed by atoms with Crippen LogP contribution in [0.3, 0.4) is 0 Å². The highest BCUT2D eigenvalue weighted by Gasteiger charge is 2.22. The second-order valence-electron chi connectivity index (χ2n) is 3.15. The zero-order valence-electron chi connectivity index (χ0n) is 8.01. The SMILES string of the molecule is CC(N)C(=O)c1cccc(Cl)c1C(F)F. The number of hydrogen-bond donors (Lipinski definition) is 1. The topological polar surface area (TPSA) is 43.1 Å². The number of Topliss-reactive ketones (excluding diaryl/α,β-unsaturated/α-hetero) is 1. The van der Waals surface area contributed by atoms with Gasteiger partial charge in [-0.2, -0.15) is 0 Å². The Hall–Kier alpha value is -1.00. The van der Waals surface area contributed by atoms with E-state index in [0.717, 1.165) is 0 Å². The van der Waals surface area contributed by atoms with E-state index < -0.39 is 23.8 Å². The van der Waals surface area contributed by atoms with Gasteiger partial charge >= 0.3 is 0 Å². The molecule has 82 valence electrons. The Morgan fingerprint density at radius 3 is 2.53 bits per heavy atom. The normalized spacial score (nSPS) is 12.9. The third-order valence-corrected chi connectivity index (χ3v) is 2.28. The van der Waals surface area contributed by atoms with Gasteiger partial charge in [0.1, 0.15) is 0 Å². The number of carbonyl (C=O) groups is 1. The van der Waals surface area contributed by atoms with Crippen molar-refractivity contribution in [2.45, 2.75) is 19.4 Å². The summed E-state index contributed by atoms with van der Waals surface area (Å²) in [6.07, 6.45) is -2.78. The standard InChI is InChI=1S/C10H10ClF2NO/c1-5(14)9(15)6-3-2-4-7(11)8(6)10(12)13/h2-5,10H,14H2,1H3. The van der Waals surface area contributed by atoms with Crippen LogP contribution in [-0.2, 0) is 0 Å². The highest BCUT2D eigenvalue weighted by molar-refractivity contribution is 6.32. The summed E-state index contributed by atoms with van der Waals surface area (Å²) in [5.41, 5.74) is 4.80. The Labute approximate surface area is 91.0 Å². The molecule has 0 amide bonds. The van der Waals surface area contributed by atoms with Crippen molar-refractivity contribution in [1.29, 1.82) is 0 Å². The number of benzene rings is 1. The van der Waals surface area contributed by atoms with E-state index in [4.69, 9.17) is 17.3 Å². The number of rotatable bonds is 3. The molecule has 0 aliphatic carbocycles. The summed E-state index contributed by atoms with van der Waals surface area (Å²) in [6.45, 7) is 1.44. The zero-order valence-corrected chi connectivity index (χ0v) is 8.76. The highest BCUT2D eigenvalue weighted by Crippen LogP contribution is 2.30. The van der Waals surface area contributed by atoms with Crippen molar-refractivity contribution in [3.63, 3.8) is 0 Å². The van der Waals surface area contributed by atoms with Gasteiger partial charge in [0.25, 0.3) is 6.43 Å². The van der Waals surface area contributed by atoms with E-state index >= 15 is 0 Å². The molecule has 0 fully saturated rings. The molecular weight excluding hydrogens is 224 g/mol. The molecular formula is C10H10ClF2NO. The molecule has 1 aromatic rings. The third kappa shape index (κ3) is 2.52. The molecule has 0 radical (unpaired) electrons. The first-order valence-electron chi connectivity index (χ1n) is 4.31. The fourth-order valence-electron chi connectivity index (χ4n) is 1.22. The number of hydrogen-bond acceptors (Lipinski definition) is 2. The van der Waals surface area contributed by atoms with E-state index in [1.807, 2.05) is 0 Å². The molecule has 0 heterocycles. The minimum Gasteiger partial charge on any atom is -0.321 e. The number of halogens is 3. The van der Waals surface area contributed by atoms with Gasteiger partial charge in [-0.3, -0.25) is 4.79 Å². The first-order chi connectivity index (χ1) is 6.95. The van der Waals surface area contributed by atoms with E-state index in [1.54, 1.807) is 0 Å². The molecule has 0 aliphatic rings. The lowest BCUT2D eigenvalue weighted by atomic mass is 10.00. The van der Waals surface area contributed by atoms with Crippen molar-refractivity contribution < 1.29 is 13.6 Å². The molecule has 1 rings (SSSR count). The number of carbonyl (C=O) groups excluding carboxylic acids is 1. The van der Waals surface area contributed by atoms with Gasteiger partial charge in [-0.15, -0.1) is 0 Å². The van der Waals surface area contributed by atoms with Crippen molar-refractivity contribution >= 4 is 17.4 Å². The van der Waals surface area contributed by atoms with Gasteiger partial charge in [-0.25, -0.2) is 8.78 Å². The average molecular weight is 234 g/mol. The maximum absolute atomic E-state index is 12.6. The fraction of sp³-hybridized carbons (Fsp3) is 0.300. The van der Waals surface area contributed by atoms with Crippen molar-refractivity contribution in [1.82, 2.24) is 0 Å². The lowest BCUT2D eigenvalue weighted by Gasteiger charge is -2.11. The van der Waals surface area contributed by atoms with Crippen LogP contribution >= 0.6 is 11.6 Å². The first-order valence-corrected chi connectivity index (χ1v) is 4.69. The van der Waals surface area contributed by atoms with E-state index in [1.165, 1.54) is 25.1 Å². The van der Waals surface area contributed by atoms with Crippen LogP contribution in [0.15, 0.2) is 18.2 Å². The third-order valence-electron chi connectivity index (χ3n) is 1.95. The van der Waals surface area contributed by atoms with Crippen molar-refractivity contribution in [2.75, 3.05) is 0 Å². The van der Waals surface area contributed by atoms with Crippen LogP contribution in [0.25, 0.3) is 0 Å². The van der Waals surface area contributed by atoms with Crippen LogP contribution in [-0.4, -0.2) is 11.8 Å². The molecule has 2 nitrogen and oxygen atoms in total. The second kappa shape index (κ2) is 4.68. The lowest BCUT2D eigenvalue weighted by molar-refractivity contribution is 0.0954. The molecule has 15 heavy (non-hydrogen) atoms. The minimum absolute atomic E-state index is 0.104. The molecule has 0 saturated heterocycles. The Bertz CT molecular complexity index is 380. The lowest BCUT2D eigenvalue weighted by Crippen LogP contribution is -2.27. The molecule has 1 atom stereocenters. The smallest absolute Gasteiger partial charge is 0.265 e. The van der Waals surface area contributed by atoms with Crippen LogP contribution in [0.1, 0.15) is 29.3 Å². The summed E-state index contributed by atoms with van der Waals surface area (Å²) in [5.74, 6) is -0.534. The summed E-state index contributed by atoms with van der Waals surface area (Å²) < 4.78 is 25.3. The fourth-order valence-corrected chi connectivity index (χ4v) is 1.48. The summed E-state index contributed by atoms with van der Waals surface area (Å²) in [6, 6.07) is 3.25. The van der Waals surface area contributed by atoms with Gasteiger partial charge in [-0.1, -0.05) is 23.7 Å². The van der Waals surface area contributed by atoms with Crippen molar-refractivity contribution in [3.8, 4) is 0 Å². The molecule has 1 unspecified atom stereocenters. The Morgan fingerprint density at radius 1 is 1.47 bits per heavy atom. The molecule has 2 N–H and O–H groups in total. The van der Waals surface area contributed by atoms with Gasteiger partial charge in [0, 0.05) is 11.1 Å². The van der Waals surface area contributed by atoms with Crippen LogP contribution < -0.4 is 5.73 Å². The van der Waals surface area contributed by atoms with E-state index in [9.17, 15) is 13.6 Å². The molecule has 1 aromatic carbocycles. The van der Waals surface area contributed by atoms with Gasteiger partial charge < -0.3 is 5.73 Å². The Balaban J connectivity index is 3.29. The maximum atomic E-state index is 12.6. The van der Waals surface area contributed by atoms with Crippen molar-refractivity contribution in [2.24, 2.45) is 5.73 Å². The molecule has 0 saturated carbocycles. The zero-order chi connectivity index (χ0) is 11.6. The van der Waals surface area contributed by atoms with Gasteiger partial charge in [-0.05, 0) is 13.0 Å². The van der Waals surface area contributed by atoms with E-state index in [0.29, 0.717) is 0 Å². The summed E-state index contributed by atoms with van der Waals surface area (Å²) >= 11 is 5.60. The Morgan fingerprint density at radius 2 is 2.07 bits per heavy atom. The first kappa shape index (κ1) is 12.1. The molecule has 0 aromatic heterocycles. The van der Waals surface area contributed by atoms with Crippen LogP contribution in [0.5, 0.6) is 0 Å². The minimum atomic E-state index is -2.78. The number of nitrogens with two attached hydrogens (primary N) is 1. The molecule has 0 aliphatic heterocycles. The van der Waals surface area contributed by atoms with E-state index in [-0.39, 0.29) is 10.6 Å². The monoisotopic (exact) mass is 233 g/mol. The van der Waals surface area contributed by atoms with Gasteiger partial charge in [0.05, 0.1) is 11.1 Å². The van der Waals surface area contributed by atoms with Gasteiger partial charge in [0.15, 0.2) is 5.78 Å². The highest BCUT2D eigenvalue weighted by atomic mass is 35.5.